The zero-order valence-electron chi connectivity index (χ0n) is 24.0. The third-order valence-electron chi connectivity index (χ3n) is 7.45. The fourth-order valence-corrected chi connectivity index (χ4v) is 6.50. The number of rotatable bonds is 9. The summed E-state index contributed by atoms with van der Waals surface area (Å²) in [7, 11) is 1.67. The van der Waals surface area contributed by atoms with Gasteiger partial charge in [0.05, 0.1) is 59.6 Å². The molecule has 10 nitrogen and oxygen atoms in total. The summed E-state index contributed by atoms with van der Waals surface area (Å²) in [6.07, 6.45) is 3.78. The summed E-state index contributed by atoms with van der Waals surface area (Å²) in [6.45, 7) is 11.8. The molecular weight excluding hydrogens is 530 g/mol. The Kier molecular flexibility index (Phi) is 8.67. The number of methoxy groups -OCH3 is 1. The molecule has 2 aromatic heterocycles. The van der Waals surface area contributed by atoms with Gasteiger partial charge in [0, 0.05) is 44.0 Å². The Morgan fingerprint density at radius 3 is 2.67 bits per heavy atom. The number of nitrogens with one attached hydrogen (secondary N) is 1. The summed E-state index contributed by atoms with van der Waals surface area (Å²) in [6, 6.07) is 6.68. The molecule has 4 heterocycles. The minimum Gasteiger partial charge on any atom is -0.494 e. The van der Waals surface area contributed by atoms with Crippen molar-refractivity contribution >= 4 is 38.9 Å². The van der Waals surface area contributed by atoms with Crippen LogP contribution >= 0.6 is 11.3 Å². The first-order chi connectivity index (χ1) is 19.2. The first-order valence-corrected chi connectivity index (χ1v) is 14.8. The van der Waals surface area contributed by atoms with E-state index in [-0.39, 0.29) is 18.8 Å². The zero-order valence-corrected chi connectivity index (χ0v) is 24.8. The molecule has 0 amide bonds. The lowest BCUT2D eigenvalue weighted by Crippen LogP contribution is -2.52. The number of piperidine rings is 1. The second-order valence-corrected chi connectivity index (χ2v) is 12.3. The number of hydrogen-bond acceptors (Lipinski definition) is 11. The first-order valence-electron chi connectivity index (χ1n) is 14.0. The van der Waals surface area contributed by atoms with Crippen molar-refractivity contribution in [3.63, 3.8) is 0 Å². The van der Waals surface area contributed by atoms with Gasteiger partial charge >= 0.3 is 0 Å². The Morgan fingerprint density at radius 1 is 1.23 bits per heavy atom. The van der Waals surface area contributed by atoms with Gasteiger partial charge in [0.25, 0.3) is 0 Å². The molecule has 0 radical (unpaired) electrons. The maximum atomic E-state index is 10.7. The van der Waals surface area contributed by atoms with Crippen LogP contribution < -0.4 is 19.7 Å². The zero-order chi connectivity index (χ0) is 28.4. The maximum absolute atomic E-state index is 10.7. The number of nitrogens with zero attached hydrogens (tertiary/aromatic N) is 4. The van der Waals surface area contributed by atoms with Gasteiger partial charge < -0.3 is 34.6 Å². The summed E-state index contributed by atoms with van der Waals surface area (Å²) < 4.78 is 18.3. The number of ether oxygens (including phenoxy) is 3. The standard InChI is InChI=1S/C29H41N5O5S/c1-18(2)39-26-25-24(40-27(26)29(3,4)36)15-30-28(32-25)31-22-7-6-20(14-23(22)37-5)33-10-8-19(9-11-33)34-12-13-38-21(16-34)17-35/h6-7,14-15,18-19,21,35-36H,8-13,16-17H2,1-5H3,(H,30,31,32)/t21-/m1/s1. The average molecular weight is 572 g/mol. The monoisotopic (exact) mass is 571 g/mol. The fraction of sp³-hybridized carbons (Fsp3) is 0.586. The SMILES string of the molecule is COc1cc(N2CCC(N3CCO[C@@H](CO)C3)CC2)ccc1Nc1ncc2sc(C(C)(C)O)c(OC(C)C)c2n1. The number of fused-ring (bicyclic) bond motifs is 1. The van der Waals surface area contributed by atoms with E-state index in [4.69, 9.17) is 19.2 Å². The largest absolute Gasteiger partial charge is 0.494 e. The molecule has 2 aliphatic heterocycles. The van der Waals surface area contributed by atoms with Gasteiger partial charge in [0.2, 0.25) is 5.95 Å². The number of anilines is 3. The molecule has 0 unspecified atom stereocenters. The number of benzene rings is 1. The van der Waals surface area contributed by atoms with Gasteiger partial charge in [-0.3, -0.25) is 4.90 Å². The molecule has 5 rings (SSSR count). The second kappa shape index (κ2) is 12.0. The van der Waals surface area contributed by atoms with Crippen molar-refractivity contribution in [1.82, 2.24) is 14.9 Å². The van der Waals surface area contributed by atoms with E-state index >= 15 is 0 Å². The van der Waals surface area contributed by atoms with Crippen LogP contribution in [-0.2, 0) is 10.3 Å². The smallest absolute Gasteiger partial charge is 0.228 e. The predicted octanol–water partition coefficient (Wildman–Crippen LogP) is 4.12. The first kappa shape index (κ1) is 28.8. The van der Waals surface area contributed by atoms with Gasteiger partial charge in [0.1, 0.15) is 11.3 Å². The average Bonchev–Trinajstić information content (AvgIpc) is 3.31. The van der Waals surface area contributed by atoms with Crippen LogP contribution in [0.25, 0.3) is 10.2 Å². The molecule has 3 aromatic rings. The van der Waals surface area contributed by atoms with Crippen LogP contribution in [0, 0.1) is 0 Å². The Labute approximate surface area is 239 Å². The van der Waals surface area contributed by atoms with Gasteiger partial charge in [-0.05, 0) is 52.7 Å². The van der Waals surface area contributed by atoms with E-state index < -0.39 is 5.60 Å². The molecule has 0 saturated carbocycles. The van der Waals surface area contributed by atoms with Crippen LogP contribution in [0.15, 0.2) is 24.4 Å². The maximum Gasteiger partial charge on any atom is 0.228 e. The van der Waals surface area contributed by atoms with Gasteiger partial charge in [0.15, 0.2) is 5.75 Å². The molecule has 218 valence electrons. The molecule has 2 aliphatic rings. The van der Waals surface area contributed by atoms with Crippen molar-refractivity contribution in [2.45, 2.75) is 64.4 Å². The van der Waals surface area contributed by atoms with Crippen LogP contribution in [0.5, 0.6) is 11.5 Å². The summed E-state index contributed by atoms with van der Waals surface area (Å²) in [5.41, 5.74) is 1.51. The second-order valence-electron chi connectivity index (χ2n) is 11.3. The molecule has 40 heavy (non-hydrogen) atoms. The van der Waals surface area contributed by atoms with Gasteiger partial charge in [-0.1, -0.05) is 0 Å². The molecule has 1 aromatic carbocycles. The van der Waals surface area contributed by atoms with Crippen molar-refractivity contribution in [1.29, 1.82) is 0 Å². The summed E-state index contributed by atoms with van der Waals surface area (Å²) in [5.74, 6) is 1.74. The summed E-state index contributed by atoms with van der Waals surface area (Å²) >= 11 is 1.45. The molecule has 0 aliphatic carbocycles. The van der Waals surface area contributed by atoms with E-state index in [1.165, 1.54) is 11.3 Å². The van der Waals surface area contributed by atoms with Crippen molar-refractivity contribution < 1.29 is 24.4 Å². The minimum absolute atomic E-state index is 0.0608. The van der Waals surface area contributed by atoms with Gasteiger partial charge in [-0.25, -0.2) is 9.97 Å². The van der Waals surface area contributed by atoms with E-state index in [9.17, 15) is 10.2 Å². The Hall–Kier alpha value is -2.70. The predicted molar refractivity (Wildman–Crippen MR) is 158 cm³/mol. The fourth-order valence-electron chi connectivity index (χ4n) is 5.45. The van der Waals surface area contributed by atoms with Crippen LogP contribution in [0.1, 0.15) is 45.4 Å². The van der Waals surface area contributed by atoms with Crippen molar-refractivity contribution in [2.75, 3.05) is 56.7 Å². The molecule has 3 N–H and O–H groups in total. The summed E-state index contributed by atoms with van der Waals surface area (Å²) in [4.78, 5) is 14.9. The lowest BCUT2D eigenvalue weighted by Gasteiger charge is -2.42. The Morgan fingerprint density at radius 2 is 2.00 bits per heavy atom. The highest BCUT2D eigenvalue weighted by Gasteiger charge is 2.30. The Bertz CT molecular complexity index is 1300. The molecule has 2 saturated heterocycles. The highest BCUT2D eigenvalue weighted by atomic mass is 32.1. The number of aliphatic hydroxyl groups excluding tert-OH is 1. The van der Waals surface area contributed by atoms with Crippen molar-refractivity contribution in [3.8, 4) is 11.5 Å². The minimum atomic E-state index is -1.05. The van der Waals surface area contributed by atoms with E-state index in [2.05, 4.69) is 32.2 Å². The van der Waals surface area contributed by atoms with Gasteiger partial charge in [-0.15, -0.1) is 11.3 Å². The quantitative estimate of drug-likeness (QED) is 0.347. The van der Waals surface area contributed by atoms with Crippen LogP contribution in [0.3, 0.4) is 0 Å². The molecule has 11 heteroatoms. The van der Waals surface area contributed by atoms with Crippen LogP contribution in [0.4, 0.5) is 17.3 Å². The number of aliphatic hydroxyl groups is 2. The van der Waals surface area contributed by atoms with Crippen molar-refractivity contribution in [3.05, 3.63) is 29.3 Å². The summed E-state index contributed by atoms with van der Waals surface area (Å²) in [5, 5.41) is 23.5. The number of hydrogen-bond donors (Lipinski definition) is 3. The Balaban J connectivity index is 1.30. The van der Waals surface area contributed by atoms with Crippen LogP contribution in [0.2, 0.25) is 0 Å². The van der Waals surface area contributed by atoms with E-state index in [1.54, 1.807) is 27.2 Å². The third-order valence-corrected chi connectivity index (χ3v) is 8.86. The van der Waals surface area contributed by atoms with Crippen LogP contribution in [-0.4, -0.2) is 89.8 Å². The number of morpholine rings is 1. The molecule has 2 fully saturated rings. The van der Waals surface area contributed by atoms with E-state index in [1.807, 2.05) is 19.9 Å². The number of thiophene rings is 1. The van der Waals surface area contributed by atoms with E-state index in [0.29, 0.717) is 35.6 Å². The lowest BCUT2D eigenvalue weighted by molar-refractivity contribution is -0.0671. The topological polar surface area (TPSA) is 112 Å². The number of aromatic nitrogens is 2. The molecule has 0 spiro atoms. The lowest BCUT2D eigenvalue weighted by atomic mass is 10.0. The molecule has 1 atom stereocenters. The third kappa shape index (κ3) is 6.28. The highest BCUT2D eigenvalue weighted by molar-refractivity contribution is 7.19. The van der Waals surface area contributed by atoms with Crippen molar-refractivity contribution in [2.24, 2.45) is 0 Å². The van der Waals surface area contributed by atoms with E-state index in [0.717, 1.165) is 60.0 Å². The van der Waals surface area contributed by atoms with Gasteiger partial charge in [-0.2, -0.15) is 0 Å². The normalized spacial score (nSPS) is 19.4. The highest BCUT2D eigenvalue weighted by Crippen LogP contribution is 2.43. The molecule has 0 bridgehead atoms. The molecular formula is C29H41N5O5S.